The average Bonchev–Trinajstić information content (AvgIpc) is 3.06. The van der Waals surface area contributed by atoms with Crippen LogP contribution in [0.2, 0.25) is 0 Å². The molecule has 0 aromatic carbocycles. The Morgan fingerprint density at radius 1 is 1.04 bits per heavy atom. The minimum atomic E-state index is 0.0557. The van der Waals surface area contributed by atoms with Crippen LogP contribution in [0.4, 0.5) is 5.95 Å². The fourth-order valence-corrected chi connectivity index (χ4v) is 4.54. The lowest BCUT2D eigenvalue weighted by Crippen LogP contribution is -2.50. The average molecular weight is 329 g/mol. The van der Waals surface area contributed by atoms with Crippen molar-refractivity contribution < 1.29 is 4.79 Å². The minimum absolute atomic E-state index is 0.0557. The number of carbonyl (C=O) groups excluding carboxylic acids is 1. The highest BCUT2D eigenvalue weighted by Crippen LogP contribution is 2.28. The number of fused-ring (bicyclic) bond motifs is 1. The molecule has 4 heterocycles. The van der Waals surface area contributed by atoms with E-state index < -0.39 is 0 Å². The molecule has 1 N–H and O–H groups in total. The predicted octanol–water partition coefficient (Wildman–Crippen LogP) is 1.44. The molecule has 1 aromatic heterocycles. The molecule has 130 valence electrons. The van der Waals surface area contributed by atoms with Crippen molar-refractivity contribution in [3.8, 4) is 0 Å². The molecule has 0 unspecified atom stereocenters. The van der Waals surface area contributed by atoms with Crippen molar-refractivity contribution in [2.45, 2.75) is 50.6 Å². The second-order valence-corrected chi connectivity index (χ2v) is 7.34. The molecule has 1 aromatic rings. The number of anilines is 1. The minimum Gasteiger partial charge on any atom is -0.351 e. The molecule has 0 spiro atoms. The van der Waals surface area contributed by atoms with Crippen LogP contribution in [-0.2, 0) is 4.79 Å². The predicted molar refractivity (Wildman–Crippen MR) is 92.7 cm³/mol. The van der Waals surface area contributed by atoms with E-state index in [2.05, 4.69) is 25.1 Å². The molecule has 0 aliphatic carbocycles. The van der Waals surface area contributed by atoms with Gasteiger partial charge < -0.3 is 10.2 Å². The van der Waals surface area contributed by atoms with Crippen LogP contribution in [0.5, 0.6) is 0 Å². The van der Waals surface area contributed by atoms with E-state index in [1.54, 1.807) is 12.4 Å². The summed E-state index contributed by atoms with van der Waals surface area (Å²) in [4.78, 5) is 26.2. The third kappa shape index (κ3) is 3.24. The van der Waals surface area contributed by atoms with Gasteiger partial charge in [0.05, 0.1) is 5.92 Å². The van der Waals surface area contributed by atoms with Crippen LogP contribution in [0.15, 0.2) is 18.5 Å². The monoisotopic (exact) mass is 329 g/mol. The summed E-state index contributed by atoms with van der Waals surface area (Å²) in [5.74, 6) is 1.03. The van der Waals surface area contributed by atoms with Crippen LogP contribution in [0.1, 0.15) is 38.5 Å². The first-order valence-electron chi connectivity index (χ1n) is 9.37. The van der Waals surface area contributed by atoms with Gasteiger partial charge in [0.2, 0.25) is 11.9 Å². The Morgan fingerprint density at radius 3 is 2.79 bits per heavy atom. The number of nitrogens with one attached hydrogen (secondary N) is 1. The maximum atomic E-state index is 12.8. The Morgan fingerprint density at radius 2 is 1.92 bits per heavy atom. The van der Waals surface area contributed by atoms with Crippen LogP contribution in [0.3, 0.4) is 0 Å². The normalized spacial score (nSPS) is 30.8. The van der Waals surface area contributed by atoms with Gasteiger partial charge in [-0.25, -0.2) is 9.97 Å². The van der Waals surface area contributed by atoms with Gasteiger partial charge in [0.15, 0.2) is 0 Å². The Hall–Kier alpha value is -1.69. The van der Waals surface area contributed by atoms with Gasteiger partial charge in [-0.05, 0) is 44.7 Å². The number of hydrogen-bond donors (Lipinski definition) is 1. The highest BCUT2D eigenvalue weighted by Gasteiger charge is 2.37. The number of piperidine rings is 2. The maximum Gasteiger partial charge on any atom is 0.225 e. The first kappa shape index (κ1) is 15.8. The van der Waals surface area contributed by atoms with Crippen LogP contribution < -0.4 is 10.2 Å². The van der Waals surface area contributed by atoms with Crippen molar-refractivity contribution in [1.29, 1.82) is 0 Å². The van der Waals surface area contributed by atoms with E-state index in [1.165, 1.54) is 25.8 Å². The zero-order valence-electron chi connectivity index (χ0n) is 14.2. The summed E-state index contributed by atoms with van der Waals surface area (Å²) >= 11 is 0. The molecule has 3 atom stereocenters. The summed E-state index contributed by atoms with van der Waals surface area (Å²) in [5, 5.41) is 3.37. The molecule has 4 rings (SSSR count). The van der Waals surface area contributed by atoms with Gasteiger partial charge in [0.25, 0.3) is 0 Å². The van der Waals surface area contributed by atoms with E-state index in [-0.39, 0.29) is 11.8 Å². The molecular formula is C18H27N5O. The zero-order chi connectivity index (χ0) is 16.4. The van der Waals surface area contributed by atoms with Crippen LogP contribution >= 0.6 is 0 Å². The molecule has 3 aliphatic rings. The second-order valence-electron chi connectivity index (χ2n) is 7.34. The van der Waals surface area contributed by atoms with Gasteiger partial charge in [-0.1, -0.05) is 6.42 Å². The third-order valence-corrected chi connectivity index (χ3v) is 5.81. The second kappa shape index (κ2) is 7.05. The lowest BCUT2D eigenvalue weighted by molar-refractivity contribution is -0.126. The van der Waals surface area contributed by atoms with E-state index in [9.17, 15) is 4.79 Å². The Kier molecular flexibility index (Phi) is 4.65. The summed E-state index contributed by atoms with van der Waals surface area (Å²) in [6, 6.07) is 2.74. The molecule has 0 bridgehead atoms. The molecule has 1 amide bonds. The van der Waals surface area contributed by atoms with Gasteiger partial charge >= 0.3 is 0 Å². The van der Waals surface area contributed by atoms with E-state index in [4.69, 9.17) is 0 Å². The Bertz CT molecular complexity index is 566. The van der Waals surface area contributed by atoms with E-state index in [1.807, 2.05) is 6.07 Å². The van der Waals surface area contributed by atoms with Crippen LogP contribution in [0, 0.1) is 5.92 Å². The van der Waals surface area contributed by atoms with Gasteiger partial charge in [0.1, 0.15) is 0 Å². The maximum absolute atomic E-state index is 12.8. The van der Waals surface area contributed by atoms with Crippen molar-refractivity contribution in [1.82, 2.24) is 20.2 Å². The van der Waals surface area contributed by atoms with Crippen molar-refractivity contribution in [3.05, 3.63) is 18.5 Å². The zero-order valence-corrected chi connectivity index (χ0v) is 14.2. The lowest BCUT2D eigenvalue weighted by atomic mass is 9.95. The molecule has 3 saturated heterocycles. The van der Waals surface area contributed by atoms with E-state index in [0.717, 1.165) is 44.8 Å². The summed E-state index contributed by atoms with van der Waals surface area (Å²) in [6.45, 7) is 4.02. The molecule has 0 saturated carbocycles. The highest BCUT2D eigenvalue weighted by molar-refractivity contribution is 5.80. The first-order chi connectivity index (χ1) is 11.8. The number of rotatable bonds is 3. The lowest BCUT2D eigenvalue weighted by Gasteiger charge is -2.35. The number of carbonyl (C=O) groups is 1. The first-order valence-corrected chi connectivity index (χ1v) is 9.37. The third-order valence-electron chi connectivity index (χ3n) is 5.81. The smallest absolute Gasteiger partial charge is 0.225 e. The largest absolute Gasteiger partial charge is 0.351 e. The highest BCUT2D eigenvalue weighted by atomic mass is 16.2. The van der Waals surface area contributed by atoms with Gasteiger partial charge in [0, 0.05) is 44.1 Å². The van der Waals surface area contributed by atoms with Crippen molar-refractivity contribution in [2.75, 3.05) is 31.1 Å². The summed E-state index contributed by atoms with van der Waals surface area (Å²) in [5.41, 5.74) is 0. The summed E-state index contributed by atoms with van der Waals surface area (Å²) in [6.07, 6.45) is 10.5. The van der Waals surface area contributed by atoms with E-state index >= 15 is 0 Å². The van der Waals surface area contributed by atoms with Gasteiger partial charge in [-0.15, -0.1) is 0 Å². The molecular weight excluding hydrogens is 302 g/mol. The molecule has 3 aliphatic heterocycles. The number of nitrogens with zero attached hydrogens (tertiary/aromatic N) is 4. The molecule has 6 heteroatoms. The van der Waals surface area contributed by atoms with Crippen LogP contribution in [-0.4, -0.2) is 59.0 Å². The van der Waals surface area contributed by atoms with Gasteiger partial charge in [-0.2, -0.15) is 0 Å². The number of amides is 1. The molecule has 3 fully saturated rings. The standard InChI is InChI=1S/C18H27N5O/c24-17(21-15-7-12-22-10-2-1-6-16(15)22)14-5-3-11-23(13-14)18-19-8-4-9-20-18/h4,8-9,14-16H,1-3,5-7,10-13H2,(H,21,24)/t14-,15-,16-/m1/s1. The fourth-order valence-electron chi connectivity index (χ4n) is 4.54. The Labute approximate surface area is 143 Å². The van der Waals surface area contributed by atoms with Crippen molar-refractivity contribution in [3.63, 3.8) is 0 Å². The van der Waals surface area contributed by atoms with Gasteiger partial charge in [-0.3, -0.25) is 9.69 Å². The molecule has 6 nitrogen and oxygen atoms in total. The SMILES string of the molecule is O=C(N[C@@H]1CCN2CCCC[C@H]12)[C@@H]1CCCN(c2ncccn2)C1. The summed E-state index contributed by atoms with van der Waals surface area (Å²) < 4.78 is 0. The topological polar surface area (TPSA) is 61.4 Å². The van der Waals surface area contributed by atoms with Crippen molar-refractivity contribution >= 4 is 11.9 Å². The van der Waals surface area contributed by atoms with Crippen molar-refractivity contribution in [2.24, 2.45) is 5.92 Å². The number of aromatic nitrogens is 2. The quantitative estimate of drug-likeness (QED) is 0.909. The fraction of sp³-hybridized carbons (Fsp3) is 0.722. The molecule has 24 heavy (non-hydrogen) atoms. The van der Waals surface area contributed by atoms with E-state index in [0.29, 0.717) is 12.1 Å². The Balaban J connectivity index is 1.36. The number of hydrogen-bond acceptors (Lipinski definition) is 5. The molecule has 0 radical (unpaired) electrons. The summed E-state index contributed by atoms with van der Waals surface area (Å²) in [7, 11) is 0. The van der Waals surface area contributed by atoms with Crippen LogP contribution in [0.25, 0.3) is 0 Å².